The molecule has 1 N–H and O–H groups in total. The molecule has 0 saturated carbocycles. The molecule has 1 amide bonds. The number of nitrogens with one attached hydrogen (secondary N) is 1. The summed E-state index contributed by atoms with van der Waals surface area (Å²) in [5.74, 6) is 0.641. The van der Waals surface area contributed by atoms with Crippen LogP contribution in [0.25, 0.3) is 0 Å². The van der Waals surface area contributed by atoms with Gasteiger partial charge in [0.2, 0.25) is 5.91 Å². The van der Waals surface area contributed by atoms with Gasteiger partial charge in [0.05, 0.1) is 5.92 Å². The van der Waals surface area contributed by atoms with Gasteiger partial charge in [-0.25, -0.2) is 0 Å². The van der Waals surface area contributed by atoms with Gasteiger partial charge in [0.1, 0.15) is 0 Å². The van der Waals surface area contributed by atoms with Crippen molar-refractivity contribution in [3.63, 3.8) is 0 Å². The van der Waals surface area contributed by atoms with Crippen LogP contribution < -0.4 is 5.32 Å². The standard InChI is InChI=1S/C18H29N3O3S2/c1-15-7-9-17(10-8-15)25-13-5-11-19-18(22)16-6-4-12-21(14-16)26(23,24)20(2)3/h7-10,16H,4-6,11-14H2,1-3H3,(H,19,22). The van der Waals surface area contributed by atoms with E-state index in [1.807, 2.05) is 0 Å². The number of carbonyl (C=O) groups is 1. The van der Waals surface area contributed by atoms with Crippen molar-refractivity contribution in [2.45, 2.75) is 31.1 Å². The van der Waals surface area contributed by atoms with E-state index in [4.69, 9.17) is 0 Å². The third-order valence-corrected chi connectivity index (χ3v) is 7.46. The second kappa shape index (κ2) is 9.73. The van der Waals surface area contributed by atoms with E-state index in [-0.39, 0.29) is 18.4 Å². The van der Waals surface area contributed by atoms with Crippen molar-refractivity contribution in [2.75, 3.05) is 39.5 Å². The lowest BCUT2D eigenvalue weighted by Gasteiger charge is -2.32. The maximum absolute atomic E-state index is 12.4. The average molecular weight is 400 g/mol. The maximum atomic E-state index is 12.4. The van der Waals surface area contributed by atoms with Crippen molar-refractivity contribution in [3.05, 3.63) is 29.8 Å². The first-order chi connectivity index (χ1) is 12.3. The minimum atomic E-state index is -3.45. The van der Waals surface area contributed by atoms with E-state index in [0.29, 0.717) is 19.5 Å². The first kappa shape index (κ1) is 21.2. The summed E-state index contributed by atoms with van der Waals surface area (Å²) in [5.41, 5.74) is 1.25. The minimum absolute atomic E-state index is 0.0380. The molecule has 2 rings (SSSR count). The number of amides is 1. The lowest BCUT2D eigenvalue weighted by Crippen LogP contribution is -2.48. The second-order valence-electron chi connectivity index (χ2n) is 6.79. The lowest BCUT2D eigenvalue weighted by molar-refractivity contribution is -0.126. The highest BCUT2D eigenvalue weighted by Gasteiger charge is 2.33. The van der Waals surface area contributed by atoms with E-state index in [1.54, 1.807) is 11.8 Å². The van der Waals surface area contributed by atoms with Gasteiger partial charge in [-0.2, -0.15) is 17.0 Å². The van der Waals surface area contributed by atoms with E-state index in [9.17, 15) is 13.2 Å². The Hall–Kier alpha value is -1.09. The molecule has 1 fully saturated rings. The normalized spacial score (nSPS) is 18.8. The molecule has 1 atom stereocenters. The summed E-state index contributed by atoms with van der Waals surface area (Å²) in [5, 5.41) is 2.96. The average Bonchev–Trinajstić information content (AvgIpc) is 2.62. The number of benzene rings is 1. The Morgan fingerprint density at radius 1 is 1.31 bits per heavy atom. The SMILES string of the molecule is Cc1ccc(SCCCNC(=O)C2CCCN(S(=O)(=O)N(C)C)C2)cc1. The van der Waals surface area contributed by atoms with Crippen LogP contribution in [-0.2, 0) is 15.0 Å². The molecule has 1 aromatic carbocycles. The molecule has 0 radical (unpaired) electrons. The van der Waals surface area contributed by atoms with Gasteiger partial charge < -0.3 is 5.32 Å². The number of rotatable bonds is 8. The molecule has 8 heteroatoms. The highest BCUT2D eigenvalue weighted by Crippen LogP contribution is 2.21. The first-order valence-electron chi connectivity index (χ1n) is 8.95. The number of hydrogen-bond acceptors (Lipinski definition) is 4. The zero-order valence-electron chi connectivity index (χ0n) is 15.8. The molecule has 0 aromatic heterocycles. The van der Waals surface area contributed by atoms with Crippen molar-refractivity contribution in [2.24, 2.45) is 5.92 Å². The lowest BCUT2D eigenvalue weighted by atomic mass is 9.99. The fraction of sp³-hybridized carbons (Fsp3) is 0.611. The molecule has 1 aliphatic heterocycles. The van der Waals surface area contributed by atoms with Crippen LogP contribution in [0.2, 0.25) is 0 Å². The van der Waals surface area contributed by atoms with Crippen LogP contribution in [-0.4, -0.2) is 62.4 Å². The molecule has 0 spiro atoms. The molecule has 6 nitrogen and oxygen atoms in total. The smallest absolute Gasteiger partial charge is 0.281 e. The molecule has 1 saturated heterocycles. The van der Waals surface area contributed by atoms with Crippen molar-refractivity contribution in [1.29, 1.82) is 0 Å². The molecule has 1 aromatic rings. The first-order valence-corrected chi connectivity index (χ1v) is 11.3. The summed E-state index contributed by atoms with van der Waals surface area (Å²) in [6, 6.07) is 8.42. The molecule has 26 heavy (non-hydrogen) atoms. The number of nitrogens with zero attached hydrogens (tertiary/aromatic N) is 2. The molecule has 146 valence electrons. The van der Waals surface area contributed by atoms with Crippen LogP contribution in [0, 0.1) is 12.8 Å². The quantitative estimate of drug-likeness (QED) is 0.537. The van der Waals surface area contributed by atoms with Gasteiger partial charge in [0.15, 0.2) is 0 Å². The molecular weight excluding hydrogens is 370 g/mol. The van der Waals surface area contributed by atoms with Crippen molar-refractivity contribution < 1.29 is 13.2 Å². The second-order valence-corrected chi connectivity index (χ2v) is 10.1. The largest absolute Gasteiger partial charge is 0.356 e. The van der Waals surface area contributed by atoms with Gasteiger partial charge in [-0.1, -0.05) is 17.7 Å². The van der Waals surface area contributed by atoms with E-state index in [2.05, 4.69) is 36.5 Å². The van der Waals surface area contributed by atoms with Crippen LogP contribution in [0.5, 0.6) is 0 Å². The van der Waals surface area contributed by atoms with Crippen LogP contribution in [0.4, 0.5) is 0 Å². The fourth-order valence-corrected chi connectivity index (χ4v) is 4.89. The zero-order chi connectivity index (χ0) is 19.2. The Labute approximate surface area is 161 Å². The Kier molecular flexibility index (Phi) is 7.94. The predicted octanol–water partition coefficient (Wildman–Crippen LogP) is 2.11. The van der Waals surface area contributed by atoms with Crippen LogP contribution in [0.3, 0.4) is 0 Å². The maximum Gasteiger partial charge on any atom is 0.281 e. The Balaban J connectivity index is 1.71. The van der Waals surface area contributed by atoms with Gasteiger partial charge in [0.25, 0.3) is 10.2 Å². The summed E-state index contributed by atoms with van der Waals surface area (Å²) in [6.07, 6.45) is 2.34. The molecule has 0 bridgehead atoms. The molecule has 1 heterocycles. The number of aryl methyl sites for hydroxylation is 1. The molecule has 1 unspecified atom stereocenters. The van der Waals surface area contributed by atoms with E-state index < -0.39 is 10.2 Å². The third kappa shape index (κ3) is 5.97. The van der Waals surface area contributed by atoms with Crippen LogP contribution in [0.1, 0.15) is 24.8 Å². The molecular formula is C18H29N3O3S2. The minimum Gasteiger partial charge on any atom is -0.356 e. The number of hydrogen-bond donors (Lipinski definition) is 1. The summed E-state index contributed by atoms with van der Waals surface area (Å²) < 4.78 is 27.1. The summed E-state index contributed by atoms with van der Waals surface area (Å²) in [6.45, 7) is 3.44. The topological polar surface area (TPSA) is 69.7 Å². The zero-order valence-corrected chi connectivity index (χ0v) is 17.4. The summed E-state index contributed by atoms with van der Waals surface area (Å²) in [4.78, 5) is 13.6. The van der Waals surface area contributed by atoms with E-state index in [1.165, 1.54) is 33.2 Å². The van der Waals surface area contributed by atoms with Crippen molar-refractivity contribution in [1.82, 2.24) is 13.9 Å². The molecule has 0 aliphatic carbocycles. The molecule has 1 aliphatic rings. The summed E-state index contributed by atoms with van der Waals surface area (Å²) in [7, 11) is -0.409. The highest BCUT2D eigenvalue weighted by molar-refractivity contribution is 7.99. The van der Waals surface area contributed by atoms with E-state index >= 15 is 0 Å². The number of carbonyl (C=O) groups excluding carboxylic acids is 1. The third-order valence-electron chi connectivity index (χ3n) is 4.45. The fourth-order valence-electron chi connectivity index (χ4n) is 2.85. The van der Waals surface area contributed by atoms with Gasteiger partial charge >= 0.3 is 0 Å². The van der Waals surface area contributed by atoms with Crippen LogP contribution >= 0.6 is 11.8 Å². The van der Waals surface area contributed by atoms with Gasteiger partial charge in [0, 0.05) is 38.6 Å². The monoisotopic (exact) mass is 399 g/mol. The predicted molar refractivity (Wildman–Crippen MR) is 106 cm³/mol. The number of thioether (sulfide) groups is 1. The number of piperidine rings is 1. The van der Waals surface area contributed by atoms with E-state index in [0.717, 1.165) is 18.6 Å². The van der Waals surface area contributed by atoms with Crippen LogP contribution in [0.15, 0.2) is 29.2 Å². The van der Waals surface area contributed by atoms with Gasteiger partial charge in [-0.3, -0.25) is 4.79 Å². The van der Waals surface area contributed by atoms with Gasteiger partial charge in [-0.15, -0.1) is 11.8 Å². The Morgan fingerprint density at radius 3 is 2.65 bits per heavy atom. The van der Waals surface area contributed by atoms with Crippen molar-refractivity contribution in [3.8, 4) is 0 Å². The van der Waals surface area contributed by atoms with Crippen molar-refractivity contribution >= 4 is 27.9 Å². The highest BCUT2D eigenvalue weighted by atomic mass is 32.2. The Morgan fingerprint density at radius 2 is 2.00 bits per heavy atom. The Bertz CT molecular complexity index is 690. The van der Waals surface area contributed by atoms with Gasteiger partial charge in [-0.05, 0) is 44.1 Å². The summed E-state index contributed by atoms with van der Waals surface area (Å²) >= 11 is 1.78.